The van der Waals surface area contributed by atoms with E-state index >= 15 is 0 Å². The van der Waals surface area contributed by atoms with E-state index in [0.29, 0.717) is 30.6 Å². The van der Waals surface area contributed by atoms with E-state index in [4.69, 9.17) is 15.2 Å². The summed E-state index contributed by atoms with van der Waals surface area (Å²) in [7, 11) is 0. The number of halogens is 1. The molecule has 4 heteroatoms. The molecule has 0 heterocycles. The van der Waals surface area contributed by atoms with Crippen LogP contribution in [0.15, 0.2) is 12.1 Å². The second-order valence-corrected chi connectivity index (χ2v) is 5.48. The Bertz CT molecular complexity index is 431. The first kappa shape index (κ1) is 14.9. The molecule has 0 saturated heterocycles. The van der Waals surface area contributed by atoms with Gasteiger partial charge in [-0.25, -0.2) is 4.39 Å². The minimum absolute atomic E-state index is 0.222. The van der Waals surface area contributed by atoms with Gasteiger partial charge < -0.3 is 15.2 Å². The number of hydrogen-bond donors (Lipinski definition) is 1. The van der Waals surface area contributed by atoms with Gasteiger partial charge in [-0.1, -0.05) is 26.2 Å². The molecule has 0 atom stereocenters. The van der Waals surface area contributed by atoms with E-state index in [1.54, 1.807) is 6.07 Å². The topological polar surface area (TPSA) is 44.5 Å². The van der Waals surface area contributed by atoms with Gasteiger partial charge in [0.1, 0.15) is 5.75 Å². The van der Waals surface area contributed by atoms with Gasteiger partial charge >= 0.3 is 0 Å². The second kappa shape index (κ2) is 7.36. The van der Waals surface area contributed by atoms with Gasteiger partial charge in [-0.2, -0.15) is 0 Å². The van der Waals surface area contributed by atoms with Gasteiger partial charge in [-0.3, -0.25) is 0 Å². The molecule has 0 bridgehead atoms. The van der Waals surface area contributed by atoms with Crippen LogP contribution in [0.3, 0.4) is 0 Å². The van der Waals surface area contributed by atoms with E-state index in [1.165, 1.54) is 38.2 Å². The molecule has 112 valence electrons. The van der Waals surface area contributed by atoms with Crippen LogP contribution in [-0.4, -0.2) is 13.2 Å². The van der Waals surface area contributed by atoms with Crippen LogP contribution >= 0.6 is 0 Å². The normalized spacial score (nSPS) is 16.1. The molecule has 0 unspecified atom stereocenters. The zero-order valence-corrected chi connectivity index (χ0v) is 12.2. The van der Waals surface area contributed by atoms with Crippen LogP contribution in [-0.2, 0) is 0 Å². The highest BCUT2D eigenvalue weighted by molar-refractivity contribution is 5.56. The van der Waals surface area contributed by atoms with E-state index < -0.39 is 5.82 Å². The van der Waals surface area contributed by atoms with Crippen LogP contribution in [0.25, 0.3) is 0 Å². The highest BCUT2D eigenvalue weighted by Crippen LogP contribution is 2.32. The van der Waals surface area contributed by atoms with Crippen molar-refractivity contribution in [1.82, 2.24) is 0 Å². The Kier molecular flexibility index (Phi) is 5.50. The summed E-state index contributed by atoms with van der Waals surface area (Å²) in [4.78, 5) is 0. The Hall–Kier alpha value is -1.45. The van der Waals surface area contributed by atoms with Crippen LogP contribution in [0.1, 0.15) is 45.4 Å². The number of hydrogen-bond acceptors (Lipinski definition) is 3. The molecule has 1 saturated carbocycles. The van der Waals surface area contributed by atoms with Crippen molar-refractivity contribution in [2.75, 3.05) is 18.9 Å². The van der Waals surface area contributed by atoms with E-state index in [2.05, 4.69) is 0 Å². The predicted octanol–water partition coefficient (Wildman–Crippen LogP) is 4.16. The Morgan fingerprint density at radius 2 is 1.90 bits per heavy atom. The molecule has 0 aromatic heterocycles. The minimum Gasteiger partial charge on any atom is -0.491 e. The largest absolute Gasteiger partial charge is 0.491 e. The lowest BCUT2D eigenvalue weighted by Gasteiger charge is -2.22. The van der Waals surface area contributed by atoms with E-state index in [-0.39, 0.29) is 5.75 Å². The average molecular weight is 281 g/mol. The molecule has 0 radical (unpaired) electrons. The third-order valence-electron chi connectivity index (χ3n) is 3.73. The van der Waals surface area contributed by atoms with Gasteiger partial charge in [-0.15, -0.1) is 0 Å². The maximum absolute atomic E-state index is 13.7. The maximum atomic E-state index is 13.7. The van der Waals surface area contributed by atoms with Crippen LogP contribution in [0.5, 0.6) is 11.5 Å². The molecule has 20 heavy (non-hydrogen) atoms. The summed E-state index contributed by atoms with van der Waals surface area (Å²) < 4.78 is 24.8. The maximum Gasteiger partial charge on any atom is 0.167 e. The van der Waals surface area contributed by atoms with Crippen molar-refractivity contribution in [3.8, 4) is 11.5 Å². The Balaban J connectivity index is 1.98. The number of benzene rings is 1. The van der Waals surface area contributed by atoms with Crippen LogP contribution in [0.2, 0.25) is 0 Å². The molecule has 2 rings (SSSR count). The van der Waals surface area contributed by atoms with Crippen molar-refractivity contribution < 1.29 is 13.9 Å². The number of nitrogens with two attached hydrogens (primary N) is 1. The SMILES string of the molecule is CCCOc1cc(OCC2CCCCC2)c(N)cc1F. The zero-order chi connectivity index (χ0) is 14.4. The summed E-state index contributed by atoms with van der Waals surface area (Å²) >= 11 is 0. The number of rotatable bonds is 6. The molecule has 1 fully saturated rings. The molecular weight excluding hydrogens is 257 g/mol. The first-order valence-electron chi connectivity index (χ1n) is 7.55. The molecule has 3 nitrogen and oxygen atoms in total. The van der Waals surface area contributed by atoms with Gasteiger partial charge in [0.25, 0.3) is 0 Å². The molecule has 1 aromatic carbocycles. The summed E-state index contributed by atoms with van der Waals surface area (Å²) in [6, 6.07) is 2.85. The highest BCUT2D eigenvalue weighted by atomic mass is 19.1. The van der Waals surface area contributed by atoms with Gasteiger partial charge in [0.15, 0.2) is 11.6 Å². The van der Waals surface area contributed by atoms with Crippen molar-refractivity contribution in [1.29, 1.82) is 0 Å². The van der Waals surface area contributed by atoms with E-state index in [0.717, 1.165) is 6.42 Å². The Morgan fingerprint density at radius 3 is 2.60 bits per heavy atom. The van der Waals surface area contributed by atoms with Crippen LogP contribution in [0, 0.1) is 11.7 Å². The highest BCUT2D eigenvalue weighted by Gasteiger charge is 2.16. The summed E-state index contributed by atoms with van der Waals surface area (Å²) in [6.45, 7) is 3.13. The van der Waals surface area contributed by atoms with E-state index in [1.807, 2.05) is 6.92 Å². The standard InChI is InChI=1S/C16H24FNO2/c1-2-8-19-15-10-16(14(18)9-13(15)17)20-11-12-6-4-3-5-7-12/h9-10,12H,2-8,11,18H2,1H3. The smallest absolute Gasteiger partial charge is 0.167 e. The lowest BCUT2D eigenvalue weighted by Crippen LogP contribution is -2.16. The summed E-state index contributed by atoms with van der Waals surface area (Å²) in [5.41, 5.74) is 6.15. The lowest BCUT2D eigenvalue weighted by atomic mass is 9.90. The van der Waals surface area contributed by atoms with Crippen molar-refractivity contribution in [2.24, 2.45) is 5.92 Å². The number of nitrogen functional groups attached to an aromatic ring is 1. The van der Waals surface area contributed by atoms with Crippen LogP contribution < -0.4 is 15.2 Å². The summed E-state index contributed by atoms with van der Waals surface area (Å²) in [6.07, 6.45) is 7.13. The number of ether oxygens (including phenoxy) is 2. The second-order valence-electron chi connectivity index (χ2n) is 5.48. The van der Waals surface area contributed by atoms with Crippen molar-refractivity contribution in [3.63, 3.8) is 0 Å². The monoisotopic (exact) mass is 281 g/mol. The fourth-order valence-corrected chi connectivity index (χ4v) is 2.56. The molecule has 1 aromatic rings. The molecule has 1 aliphatic rings. The molecule has 2 N–H and O–H groups in total. The third-order valence-corrected chi connectivity index (χ3v) is 3.73. The summed E-state index contributed by atoms with van der Waals surface area (Å²) in [5, 5.41) is 0. The minimum atomic E-state index is -0.430. The van der Waals surface area contributed by atoms with Gasteiger partial charge in [-0.05, 0) is 25.2 Å². The average Bonchev–Trinajstić information content (AvgIpc) is 2.46. The fraction of sp³-hybridized carbons (Fsp3) is 0.625. The van der Waals surface area contributed by atoms with Gasteiger partial charge in [0, 0.05) is 12.1 Å². The van der Waals surface area contributed by atoms with Crippen LogP contribution in [0.4, 0.5) is 10.1 Å². The van der Waals surface area contributed by atoms with Gasteiger partial charge in [0.2, 0.25) is 0 Å². The fourth-order valence-electron chi connectivity index (χ4n) is 2.56. The Labute approximate surface area is 120 Å². The zero-order valence-electron chi connectivity index (χ0n) is 12.2. The van der Waals surface area contributed by atoms with Crippen molar-refractivity contribution in [3.05, 3.63) is 17.9 Å². The van der Waals surface area contributed by atoms with Crippen molar-refractivity contribution >= 4 is 5.69 Å². The molecule has 1 aliphatic carbocycles. The quantitative estimate of drug-likeness (QED) is 0.796. The van der Waals surface area contributed by atoms with Crippen molar-refractivity contribution in [2.45, 2.75) is 45.4 Å². The molecule has 0 amide bonds. The predicted molar refractivity (Wildman–Crippen MR) is 78.7 cm³/mol. The molecule has 0 aliphatic heterocycles. The summed E-state index contributed by atoms with van der Waals surface area (Å²) in [5.74, 6) is 0.914. The van der Waals surface area contributed by atoms with E-state index in [9.17, 15) is 4.39 Å². The third kappa shape index (κ3) is 4.02. The Morgan fingerprint density at radius 1 is 1.15 bits per heavy atom. The lowest BCUT2D eigenvalue weighted by molar-refractivity contribution is 0.208. The van der Waals surface area contributed by atoms with Gasteiger partial charge in [0.05, 0.1) is 18.9 Å². The molecular formula is C16H24FNO2. The first-order valence-corrected chi connectivity index (χ1v) is 7.55. The molecule has 0 spiro atoms. The number of anilines is 1. The first-order chi connectivity index (χ1) is 9.70.